The summed E-state index contributed by atoms with van der Waals surface area (Å²) in [5.74, 6) is 0.149. The molecule has 2 aromatic heterocycles. The molecule has 4 aromatic rings. The van der Waals surface area contributed by atoms with Gasteiger partial charge in [0.05, 0.1) is 30.6 Å². The summed E-state index contributed by atoms with van der Waals surface area (Å²) in [6.07, 6.45) is 3.90. The summed E-state index contributed by atoms with van der Waals surface area (Å²) in [6, 6.07) is 22.9. The number of methoxy groups -OCH3 is 1. The van der Waals surface area contributed by atoms with Crippen LogP contribution in [0.2, 0.25) is 0 Å². The minimum atomic E-state index is -0.296. The van der Waals surface area contributed by atoms with Crippen LogP contribution in [0.5, 0.6) is 5.75 Å². The molecule has 0 saturated carbocycles. The smallest absolute Gasteiger partial charge is 0.226 e. The van der Waals surface area contributed by atoms with Crippen LogP contribution in [0.4, 0.5) is 10.1 Å². The van der Waals surface area contributed by atoms with Gasteiger partial charge < -0.3 is 24.8 Å². The first-order valence-electron chi connectivity index (χ1n) is 11.9. The topological polar surface area (TPSA) is 71.4 Å². The molecule has 188 valence electrons. The van der Waals surface area contributed by atoms with Crippen LogP contribution in [0.3, 0.4) is 0 Å². The van der Waals surface area contributed by atoms with E-state index in [-0.39, 0.29) is 30.2 Å². The molecule has 1 fully saturated rings. The Kier molecular flexibility index (Phi) is 7.14. The van der Waals surface area contributed by atoms with E-state index in [1.807, 2.05) is 58.1 Å². The van der Waals surface area contributed by atoms with Crippen LogP contribution in [0, 0.1) is 5.82 Å². The van der Waals surface area contributed by atoms with E-state index in [0.717, 1.165) is 17.1 Å². The number of nitrogens with one attached hydrogen (secondary N) is 2. The van der Waals surface area contributed by atoms with Gasteiger partial charge in [-0.3, -0.25) is 9.78 Å². The molecule has 2 aromatic carbocycles. The minimum Gasteiger partial charge on any atom is -0.495 e. The molecule has 2 N–H and O–H groups in total. The average molecular weight is 516 g/mol. The minimum absolute atomic E-state index is 0.152. The predicted octanol–water partition coefficient (Wildman–Crippen LogP) is 5.02. The van der Waals surface area contributed by atoms with Crippen molar-refractivity contribution in [3.63, 3.8) is 0 Å². The molecule has 0 bridgehead atoms. The highest BCUT2D eigenvalue weighted by Gasteiger charge is 2.41. The molecular weight excluding hydrogens is 489 g/mol. The van der Waals surface area contributed by atoms with Crippen LogP contribution in [0.1, 0.15) is 29.9 Å². The molecular formula is C28H26FN5O2S. The van der Waals surface area contributed by atoms with Crippen molar-refractivity contribution < 1.29 is 13.9 Å². The van der Waals surface area contributed by atoms with Gasteiger partial charge in [0.2, 0.25) is 5.91 Å². The van der Waals surface area contributed by atoms with E-state index in [9.17, 15) is 9.18 Å². The number of thiocarbonyl (C=S) groups is 1. The lowest BCUT2D eigenvalue weighted by molar-refractivity contribution is -0.116. The van der Waals surface area contributed by atoms with Gasteiger partial charge in [-0.25, -0.2) is 4.39 Å². The molecule has 1 saturated heterocycles. The second-order valence-corrected chi connectivity index (χ2v) is 8.98. The maximum Gasteiger partial charge on any atom is 0.226 e. The first kappa shape index (κ1) is 24.5. The van der Waals surface area contributed by atoms with Crippen molar-refractivity contribution in [1.29, 1.82) is 0 Å². The summed E-state index contributed by atoms with van der Waals surface area (Å²) in [7, 11) is 1.57. The normalized spacial score (nSPS) is 16.9. The zero-order valence-corrected chi connectivity index (χ0v) is 21.0. The number of amides is 1. The van der Waals surface area contributed by atoms with Gasteiger partial charge in [0, 0.05) is 36.7 Å². The molecule has 1 amide bonds. The van der Waals surface area contributed by atoms with E-state index in [1.165, 1.54) is 12.1 Å². The van der Waals surface area contributed by atoms with Crippen molar-refractivity contribution in [2.75, 3.05) is 19.0 Å². The summed E-state index contributed by atoms with van der Waals surface area (Å²) in [4.78, 5) is 19.5. The summed E-state index contributed by atoms with van der Waals surface area (Å²) >= 11 is 5.74. The molecule has 0 unspecified atom stereocenters. The number of benzene rings is 2. The molecule has 37 heavy (non-hydrogen) atoms. The third kappa shape index (κ3) is 5.17. The standard InChI is InChI=1S/C28H26FN5O2S/c1-36-24-10-3-2-7-21(24)31-25(35)15-18-34-27(26(32-28(34)37)22-8-4-5-16-30-22)23-9-6-17-33(23)20-13-11-19(29)12-14-20/h2-14,16-17,26-27H,15,18H2,1H3,(H,31,35)(H,32,37)/t26-,27+/m0/s1. The van der Waals surface area contributed by atoms with Crippen LogP contribution in [0.25, 0.3) is 5.69 Å². The number of pyridine rings is 1. The Balaban J connectivity index is 1.43. The van der Waals surface area contributed by atoms with Crippen LogP contribution in [0.15, 0.2) is 91.3 Å². The molecule has 0 radical (unpaired) electrons. The molecule has 0 spiro atoms. The SMILES string of the molecule is COc1ccccc1NC(=O)CCN1C(=S)N[C@@H](c2ccccn2)[C@H]1c1cccn1-c1ccc(F)cc1. The number of carbonyl (C=O) groups excluding carboxylic acids is 1. The third-order valence-electron chi connectivity index (χ3n) is 6.35. The quantitative estimate of drug-likeness (QED) is 0.321. The Morgan fingerprint density at radius 1 is 1.08 bits per heavy atom. The van der Waals surface area contributed by atoms with E-state index < -0.39 is 0 Å². The highest BCUT2D eigenvalue weighted by atomic mass is 32.1. The van der Waals surface area contributed by atoms with Gasteiger partial charge in [-0.15, -0.1) is 0 Å². The number of hydrogen-bond acceptors (Lipinski definition) is 4. The number of nitrogens with zero attached hydrogens (tertiary/aromatic N) is 3. The van der Waals surface area contributed by atoms with E-state index in [2.05, 4.69) is 15.6 Å². The molecule has 0 aliphatic carbocycles. The fourth-order valence-electron chi connectivity index (χ4n) is 4.62. The summed E-state index contributed by atoms with van der Waals surface area (Å²) in [5, 5.41) is 6.88. The van der Waals surface area contributed by atoms with Gasteiger partial charge in [0.15, 0.2) is 5.11 Å². The highest BCUT2D eigenvalue weighted by molar-refractivity contribution is 7.80. The average Bonchev–Trinajstić information content (AvgIpc) is 3.53. The number of para-hydroxylation sites is 2. The summed E-state index contributed by atoms with van der Waals surface area (Å²) < 4.78 is 21.0. The molecule has 3 heterocycles. The van der Waals surface area contributed by atoms with Crippen LogP contribution in [-0.4, -0.2) is 39.1 Å². The van der Waals surface area contributed by atoms with Gasteiger partial charge >= 0.3 is 0 Å². The Labute approximate surface area is 219 Å². The maximum atomic E-state index is 13.6. The fourth-order valence-corrected chi connectivity index (χ4v) is 4.95. The largest absolute Gasteiger partial charge is 0.495 e. The molecule has 5 rings (SSSR count). The molecule has 9 heteroatoms. The monoisotopic (exact) mass is 515 g/mol. The Morgan fingerprint density at radius 3 is 2.62 bits per heavy atom. The van der Waals surface area contributed by atoms with Crippen molar-refractivity contribution in [2.45, 2.75) is 18.5 Å². The lowest BCUT2D eigenvalue weighted by atomic mass is 10.0. The lowest BCUT2D eigenvalue weighted by Gasteiger charge is -2.29. The van der Waals surface area contributed by atoms with Crippen LogP contribution >= 0.6 is 12.2 Å². The van der Waals surface area contributed by atoms with E-state index in [0.29, 0.717) is 23.1 Å². The van der Waals surface area contributed by atoms with Gasteiger partial charge in [-0.1, -0.05) is 18.2 Å². The zero-order chi connectivity index (χ0) is 25.8. The van der Waals surface area contributed by atoms with E-state index in [4.69, 9.17) is 17.0 Å². The number of anilines is 1. The first-order chi connectivity index (χ1) is 18.0. The van der Waals surface area contributed by atoms with Gasteiger partial charge in [-0.05, 0) is 72.9 Å². The van der Waals surface area contributed by atoms with Gasteiger partial charge in [0.1, 0.15) is 11.6 Å². The second-order valence-electron chi connectivity index (χ2n) is 8.60. The molecule has 7 nitrogen and oxygen atoms in total. The summed E-state index contributed by atoms with van der Waals surface area (Å²) in [6.45, 7) is 0.384. The van der Waals surface area contributed by atoms with Crippen molar-refractivity contribution >= 4 is 28.9 Å². The number of hydrogen-bond donors (Lipinski definition) is 2. The zero-order valence-electron chi connectivity index (χ0n) is 20.2. The van der Waals surface area contributed by atoms with Crippen LogP contribution < -0.4 is 15.4 Å². The number of ether oxygens (including phenoxy) is 1. The van der Waals surface area contributed by atoms with Crippen molar-refractivity contribution in [3.05, 3.63) is 108 Å². The Hall–Kier alpha value is -4.24. The van der Waals surface area contributed by atoms with Crippen LogP contribution in [-0.2, 0) is 4.79 Å². The summed E-state index contributed by atoms with van der Waals surface area (Å²) in [5.41, 5.74) is 3.22. The number of aromatic nitrogens is 2. The van der Waals surface area contributed by atoms with E-state index >= 15 is 0 Å². The maximum absolute atomic E-state index is 13.6. The van der Waals surface area contributed by atoms with Crippen molar-refractivity contribution in [1.82, 2.24) is 19.8 Å². The Morgan fingerprint density at radius 2 is 1.86 bits per heavy atom. The number of rotatable bonds is 8. The molecule has 1 aliphatic rings. The van der Waals surface area contributed by atoms with Crippen molar-refractivity contribution in [2.24, 2.45) is 0 Å². The number of carbonyl (C=O) groups is 1. The van der Waals surface area contributed by atoms with E-state index in [1.54, 1.807) is 37.6 Å². The first-order valence-corrected chi connectivity index (χ1v) is 12.3. The predicted molar refractivity (Wildman–Crippen MR) is 144 cm³/mol. The molecule has 2 atom stereocenters. The number of halogens is 1. The van der Waals surface area contributed by atoms with Gasteiger partial charge in [-0.2, -0.15) is 0 Å². The highest BCUT2D eigenvalue weighted by Crippen LogP contribution is 2.39. The lowest BCUT2D eigenvalue weighted by Crippen LogP contribution is -2.33. The van der Waals surface area contributed by atoms with Gasteiger partial charge in [0.25, 0.3) is 0 Å². The Bertz CT molecular complexity index is 1390. The molecule has 1 aliphatic heterocycles. The third-order valence-corrected chi connectivity index (χ3v) is 6.70. The fraction of sp³-hybridized carbons (Fsp3) is 0.179. The second kappa shape index (κ2) is 10.8. The van der Waals surface area contributed by atoms with Crippen molar-refractivity contribution in [3.8, 4) is 11.4 Å².